The molecular formula is C18H21FN4OS. The molecule has 5 nitrogen and oxygen atoms in total. The van der Waals surface area contributed by atoms with Crippen LogP contribution >= 0.6 is 11.3 Å². The van der Waals surface area contributed by atoms with Gasteiger partial charge in [0.05, 0.1) is 6.04 Å². The molecule has 1 aromatic heterocycles. The lowest BCUT2D eigenvalue weighted by Gasteiger charge is -2.25. The first kappa shape index (κ1) is 16.4. The second-order valence-corrected chi connectivity index (χ2v) is 7.90. The normalized spacial score (nSPS) is 18.9. The van der Waals surface area contributed by atoms with Crippen molar-refractivity contribution in [3.8, 4) is 0 Å². The number of aromatic nitrogens is 2. The molecule has 1 atom stereocenters. The lowest BCUT2D eigenvalue weighted by molar-refractivity contribution is 0.242. The van der Waals surface area contributed by atoms with E-state index in [1.165, 1.54) is 36.3 Å². The van der Waals surface area contributed by atoms with E-state index >= 15 is 0 Å². The number of amides is 2. The molecule has 2 aromatic rings. The minimum atomic E-state index is -0.278. The Labute approximate surface area is 150 Å². The van der Waals surface area contributed by atoms with Crippen molar-refractivity contribution in [2.45, 2.75) is 50.5 Å². The Morgan fingerprint density at radius 1 is 1.12 bits per heavy atom. The summed E-state index contributed by atoms with van der Waals surface area (Å²) in [7, 11) is 0. The lowest BCUT2D eigenvalue weighted by Crippen LogP contribution is -2.35. The lowest BCUT2D eigenvalue weighted by atomic mass is 9.92. The Morgan fingerprint density at radius 3 is 2.52 bits per heavy atom. The molecule has 132 valence electrons. The van der Waals surface area contributed by atoms with E-state index in [2.05, 4.69) is 20.8 Å². The van der Waals surface area contributed by atoms with Crippen molar-refractivity contribution in [1.29, 1.82) is 0 Å². The van der Waals surface area contributed by atoms with Gasteiger partial charge in [-0.3, -0.25) is 5.32 Å². The van der Waals surface area contributed by atoms with E-state index in [9.17, 15) is 9.18 Å². The van der Waals surface area contributed by atoms with Crippen LogP contribution in [0.1, 0.15) is 61.1 Å². The van der Waals surface area contributed by atoms with Crippen molar-refractivity contribution in [3.05, 3.63) is 40.7 Å². The number of anilines is 1. The third-order valence-corrected chi connectivity index (χ3v) is 5.98. The maximum atomic E-state index is 13.2. The average molecular weight is 360 g/mol. The summed E-state index contributed by atoms with van der Waals surface area (Å²) in [5, 5.41) is 15.6. The molecule has 1 aromatic carbocycles. The Hall–Kier alpha value is -2.02. The van der Waals surface area contributed by atoms with Gasteiger partial charge in [-0.25, -0.2) is 9.18 Å². The van der Waals surface area contributed by atoms with E-state index in [-0.39, 0.29) is 17.9 Å². The highest BCUT2D eigenvalue weighted by atomic mass is 32.1. The van der Waals surface area contributed by atoms with Crippen LogP contribution in [0, 0.1) is 11.7 Å². The summed E-state index contributed by atoms with van der Waals surface area (Å²) >= 11 is 1.45. The number of rotatable bonds is 5. The predicted molar refractivity (Wildman–Crippen MR) is 95.1 cm³/mol. The summed E-state index contributed by atoms with van der Waals surface area (Å²) in [5.74, 6) is 0.647. The van der Waals surface area contributed by atoms with Crippen LogP contribution in [-0.4, -0.2) is 16.2 Å². The van der Waals surface area contributed by atoms with Gasteiger partial charge in [0.2, 0.25) is 5.13 Å². The number of hydrogen-bond donors (Lipinski definition) is 2. The Balaban J connectivity index is 1.44. The minimum absolute atomic E-state index is 0.112. The summed E-state index contributed by atoms with van der Waals surface area (Å²) in [5.41, 5.74) is 0.944. The van der Waals surface area contributed by atoms with Crippen LogP contribution in [0.15, 0.2) is 24.3 Å². The molecule has 0 spiro atoms. The molecule has 2 amide bonds. The van der Waals surface area contributed by atoms with Crippen LogP contribution in [0.5, 0.6) is 0 Å². The van der Waals surface area contributed by atoms with Gasteiger partial charge in [0.15, 0.2) is 0 Å². The first-order valence-corrected chi connectivity index (χ1v) is 9.67. The topological polar surface area (TPSA) is 66.9 Å². The van der Waals surface area contributed by atoms with Crippen LogP contribution in [0.25, 0.3) is 0 Å². The van der Waals surface area contributed by atoms with Crippen molar-refractivity contribution in [2.75, 3.05) is 5.32 Å². The van der Waals surface area contributed by atoms with Crippen molar-refractivity contribution < 1.29 is 9.18 Å². The fourth-order valence-electron chi connectivity index (χ4n) is 3.49. The van der Waals surface area contributed by atoms with E-state index in [1.807, 2.05) is 0 Å². The van der Waals surface area contributed by atoms with Crippen LogP contribution in [0.3, 0.4) is 0 Å². The van der Waals surface area contributed by atoms with Crippen molar-refractivity contribution >= 4 is 22.5 Å². The van der Waals surface area contributed by atoms with Crippen molar-refractivity contribution in [2.24, 2.45) is 5.92 Å². The van der Waals surface area contributed by atoms with Crippen LogP contribution in [0.4, 0.5) is 14.3 Å². The Bertz CT molecular complexity index is 738. The molecule has 7 heteroatoms. The molecular weight excluding hydrogens is 339 g/mol. The molecule has 0 radical (unpaired) electrons. The third kappa shape index (κ3) is 3.98. The maximum absolute atomic E-state index is 13.2. The average Bonchev–Trinajstić information content (AvgIpc) is 3.12. The summed E-state index contributed by atoms with van der Waals surface area (Å²) in [6, 6.07) is 6.02. The second-order valence-electron chi connectivity index (χ2n) is 6.89. The first-order valence-electron chi connectivity index (χ1n) is 8.85. The molecule has 25 heavy (non-hydrogen) atoms. The van der Waals surface area contributed by atoms with E-state index in [1.54, 1.807) is 12.1 Å². The molecule has 2 aliphatic rings. The molecule has 0 unspecified atom stereocenters. The van der Waals surface area contributed by atoms with Gasteiger partial charge in [-0.15, -0.1) is 10.2 Å². The van der Waals surface area contributed by atoms with Gasteiger partial charge in [-0.1, -0.05) is 36.3 Å². The highest BCUT2D eigenvalue weighted by Crippen LogP contribution is 2.42. The van der Waals surface area contributed by atoms with Gasteiger partial charge < -0.3 is 5.32 Å². The highest BCUT2D eigenvalue weighted by Gasteiger charge is 2.29. The van der Waals surface area contributed by atoms with Gasteiger partial charge in [0, 0.05) is 5.92 Å². The number of carbonyl (C=O) groups excluding carboxylic acids is 1. The fraction of sp³-hybridized carbons (Fsp3) is 0.500. The number of urea groups is 1. The predicted octanol–water partition coefficient (Wildman–Crippen LogP) is 4.61. The molecule has 2 N–H and O–H groups in total. The molecule has 2 fully saturated rings. The van der Waals surface area contributed by atoms with Gasteiger partial charge in [0.1, 0.15) is 10.8 Å². The number of nitrogens with one attached hydrogen (secondary N) is 2. The number of nitrogens with zero attached hydrogens (tertiary/aromatic N) is 2. The Morgan fingerprint density at radius 2 is 1.84 bits per heavy atom. The fourth-order valence-corrected chi connectivity index (χ4v) is 4.40. The molecule has 0 bridgehead atoms. The molecule has 2 aliphatic carbocycles. The standard InChI is InChI=1S/C18H21FN4OS/c19-14-9-7-12(8-10-14)15(11-3-1-2-4-11)20-17(24)21-18-23-22-16(25-18)13-5-6-13/h7-11,13,15H,1-6H2,(H2,20,21,23,24)/t15-/m0/s1. The summed E-state index contributed by atoms with van der Waals surface area (Å²) in [6.07, 6.45) is 6.82. The van der Waals surface area contributed by atoms with E-state index in [0.717, 1.165) is 36.3 Å². The molecule has 1 heterocycles. The van der Waals surface area contributed by atoms with Crippen LogP contribution in [0.2, 0.25) is 0 Å². The largest absolute Gasteiger partial charge is 0.331 e. The van der Waals surface area contributed by atoms with Crippen LogP contribution in [-0.2, 0) is 0 Å². The van der Waals surface area contributed by atoms with E-state index in [4.69, 9.17) is 0 Å². The van der Waals surface area contributed by atoms with E-state index < -0.39 is 0 Å². The SMILES string of the molecule is O=C(Nc1nnc(C2CC2)s1)N[C@H](c1ccc(F)cc1)C1CCCC1. The number of halogens is 1. The summed E-state index contributed by atoms with van der Waals surface area (Å²) in [4.78, 5) is 12.5. The zero-order chi connectivity index (χ0) is 17.2. The van der Waals surface area contributed by atoms with Crippen LogP contribution < -0.4 is 10.6 Å². The van der Waals surface area contributed by atoms with Gasteiger partial charge >= 0.3 is 6.03 Å². The van der Waals surface area contributed by atoms with E-state index in [0.29, 0.717) is 17.0 Å². The molecule has 0 saturated heterocycles. The summed E-state index contributed by atoms with van der Waals surface area (Å²) < 4.78 is 13.2. The minimum Gasteiger partial charge on any atom is -0.331 e. The number of benzene rings is 1. The van der Waals surface area contributed by atoms with Gasteiger partial charge in [-0.05, 0) is 49.3 Å². The zero-order valence-electron chi connectivity index (χ0n) is 13.9. The highest BCUT2D eigenvalue weighted by molar-refractivity contribution is 7.15. The summed E-state index contributed by atoms with van der Waals surface area (Å²) in [6.45, 7) is 0. The van der Waals surface area contributed by atoms with Crippen molar-refractivity contribution in [3.63, 3.8) is 0 Å². The van der Waals surface area contributed by atoms with Gasteiger partial charge in [0.25, 0.3) is 0 Å². The second kappa shape index (κ2) is 7.07. The quantitative estimate of drug-likeness (QED) is 0.818. The molecule has 0 aliphatic heterocycles. The first-order chi connectivity index (χ1) is 12.2. The molecule has 4 rings (SSSR count). The third-order valence-electron chi connectivity index (χ3n) is 4.97. The maximum Gasteiger partial charge on any atom is 0.321 e. The number of hydrogen-bond acceptors (Lipinski definition) is 4. The van der Waals surface area contributed by atoms with Crippen molar-refractivity contribution in [1.82, 2.24) is 15.5 Å². The number of carbonyl (C=O) groups is 1. The van der Waals surface area contributed by atoms with Gasteiger partial charge in [-0.2, -0.15) is 0 Å². The Kier molecular flexibility index (Phi) is 4.65. The monoisotopic (exact) mass is 360 g/mol. The zero-order valence-corrected chi connectivity index (χ0v) is 14.7. The smallest absolute Gasteiger partial charge is 0.321 e. The molecule has 2 saturated carbocycles.